The first kappa shape index (κ1) is 19.4. The Morgan fingerprint density at radius 2 is 2.14 bits per heavy atom. The van der Waals surface area contributed by atoms with Gasteiger partial charge in [0.15, 0.2) is 0 Å². The molecule has 0 unspecified atom stereocenters. The average molecular weight is 315 g/mol. The minimum absolute atomic E-state index is 0. The average Bonchev–Trinajstić information content (AvgIpc) is 2.93. The predicted octanol–water partition coefficient (Wildman–Crippen LogP) is -1.25. The summed E-state index contributed by atoms with van der Waals surface area (Å²) in [5, 5.41) is 30.5. The molecule has 2 fully saturated rings. The first-order valence-corrected chi connectivity index (χ1v) is 7.85. The van der Waals surface area contributed by atoms with Gasteiger partial charge in [-0.2, -0.15) is 0 Å². The summed E-state index contributed by atoms with van der Waals surface area (Å²) in [5.41, 5.74) is 5.11. The lowest BCUT2D eigenvalue weighted by atomic mass is 9.77. The standard InChI is InChI=1S/C14H26BN2O4.H2O/c16-14(13(19)20)8-9-6-10(17-4-5-18)7-11(9)12(14)2-1-3-15-21;/h9-12,17-18,21H,1-8,16H2,(H,19,20);1H2/t9-,10+,11-,12+,14+;/m1./s1. The Labute approximate surface area is 131 Å². The van der Waals surface area contributed by atoms with Crippen LogP contribution in [0.15, 0.2) is 0 Å². The number of carboxylic acid groups (broad SMARTS) is 1. The third-order valence-electron chi connectivity index (χ3n) is 5.32. The molecule has 22 heavy (non-hydrogen) atoms. The number of fused-ring (bicyclic) bond motifs is 1. The van der Waals surface area contributed by atoms with Gasteiger partial charge in [0.1, 0.15) is 5.54 Å². The molecule has 2 rings (SSSR count). The summed E-state index contributed by atoms with van der Waals surface area (Å²) in [4.78, 5) is 11.6. The zero-order chi connectivity index (χ0) is 15.5. The lowest BCUT2D eigenvalue weighted by Crippen LogP contribution is -2.52. The fraction of sp³-hybridized carbons (Fsp3) is 0.929. The van der Waals surface area contributed by atoms with Crippen molar-refractivity contribution in [1.82, 2.24) is 5.32 Å². The van der Waals surface area contributed by atoms with Gasteiger partial charge in [0.2, 0.25) is 0 Å². The topological polar surface area (TPSA) is 147 Å². The third-order valence-corrected chi connectivity index (χ3v) is 5.32. The molecule has 2 saturated carbocycles. The van der Waals surface area contributed by atoms with Crippen LogP contribution >= 0.6 is 0 Å². The van der Waals surface area contributed by atoms with Gasteiger partial charge in [0, 0.05) is 12.6 Å². The van der Waals surface area contributed by atoms with Gasteiger partial charge >= 0.3 is 5.97 Å². The highest BCUT2D eigenvalue weighted by Crippen LogP contribution is 2.53. The van der Waals surface area contributed by atoms with Crippen LogP contribution in [0.1, 0.15) is 32.1 Å². The van der Waals surface area contributed by atoms with E-state index in [0.29, 0.717) is 37.2 Å². The van der Waals surface area contributed by atoms with Gasteiger partial charge in [-0.3, -0.25) is 4.79 Å². The molecule has 5 atom stereocenters. The number of carboxylic acids is 1. The summed E-state index contributed by atoms with van der Waals surface area (Å²) in [6, 6.07) is 0.359. The van der Waals surface area contributed by atoms with E-state index in [4.69, 9.17) is 15.9 Å². The summed E-state index contributed by atoms with van der Waals surface area (Å²) in [6.07, 6.45) is 4.51. The van der Waals surface area contributed by atoms with Crippen molar-refractivity contribution < 1.29 is 25.5 Å². The number of aliphatic hydroxyl groups is 1. The second-order valence-electron chi connectivity index (χ2n) is 6.54. The second-order valence-corrected chi connectivity index (χ2v) is 6.54. The minimum Gasteiger partial charge on any atom is -0.480 e. The van der Waals surface area contributed by atoms with Gasteiger partial charge in [-0.25, -0.2) is 0 Å². The maximum absolute atomic E-state index is 11.6. The largest absolute Gasteiger partial charge is 0.480 e. The molecule has 2 aliphatic rings. The van der Waals surface area contributed by atoms with Gasteiger partial charge in [0.25, 0.3) is 7.48 Å². The molecular weight excluding hydrogens is 287 g/mol. The van der Waals surface area contributed by atoms with Crippen molar-refractivity contribution in [3.63, 3.8) is 0 Å². The summed E-state index contributed by atoms with van der Waals surface area (Å²) in [5.74, 6) is -0.234. The van der Waals surface area contributed by atoms with E-state index in [9.17, 15) is 9.90 Å². The van der Waals surface area contributed by atoms with Crippen LogP contribution in [0.5, 0.6) is 0 Å². The molecule has 0 saturated heterocycles. The molecule has 0 aromatic heterocycles. The fourth-order valence-electron chi connectivity index (χ4n) is 4.43. The van der Waals surface area contributed by atoms with Gasteiger partial charge < -0.3 is 31.8 Å². The van der Waals surface area contributed by atoms with Crippen LogP contribution < -0.4 is 11.1 Å². The zero-order valence-corrected chi connectivity index (χ0v) is 12.9. The maximum atomic E-state index is 11.6. The van der Waals surface area contributed by atoms with Crippen molar-refractivity contribution in [3.8, 4) is 0 Å². The van der Waals surface area contributed by atoms with Crippen molar-refractivity contribution in [1.29, 1.82) is 0 Å². The minimum atomic E-state index is -1.12. The van der Waals surface area contributed by atoms with Crippen LogP contribution in [0.3, 0.4) is 0 Å². The summed E-state index contributed by atoms with van der Waals surface area (Å²) >= 11 is 0. The second kappa shape index (κ2) is 8.26. The maximum Gasteiger partial charge on any atom is 0.323 e. The normalized spacial score (nSPS) is 36.7. The van der Waals surface area contributed by atoms with E-state index in [0.717, 1.165) is 33.2 Å². The van der Waals surface area contributed by atoms with Gasteiger partial charge in [-0.1, -0.05) is 12.7 Å². The highest BCUT2D eigenvalue weighted by molar-refractivity contribution is 6.25. The highest BCUT2D eigenvalue weighted by atomic mass is 16.4. The van der Waals surface area contributed by atoms with Gasteiger partial charge in [0.05, 0.1) is 6.61 Å². The predicted molar refractivity (Wildman–Crippen MR) is 83.4 cm³/mol. The summed E-state index contributed by atoms with van der Waals surface area (Å²) in [6.45, 7) is 0.707. The molecule has 0 bridgehead atoms. The molecule has 2 aliphatic carbocycles. The molecule has 127 valence electrons. The quantitative estimate of drug-likeness (QED) is 0.279. The van der Waals surface area contributed by atoms with Crippen molar-refractivity contribution in [2.24, 2.45) is 23.5 Å². The Morgan fingerprint density at radius 3 is 2.73 bits per heavy atom. The lowest BCUT2D eigenvalue weighted by molar-refractivity contribution is -0.145. The number of aliphatic hydroxyl groups excluding tert-OH is 1. The molecule has 1 radical (unpaired) electrons. The van der Waals surface area contributed by atoms with Crippen LogP contribution in [0.4, 0.5) is 0 Å². The van der Waals surface area contributed by atoms with E-state index >= 15 is 0 Å². The molecule has 8 heteroatoms. The van der Waals surface area contributed by atoms with Crippen LogP contribution in [0.25, 0.3) is 0 Å². The first-order valence-electron chi connectivity index (χ1n) is 7.85. The monoisotopic (exact) mass is 315 g/mol. The number of nitrogens with one attached hydrogen (secondary N) is 1. The highest BCUT2D eigenvalue weighted by Gasteiger charge is 2.57. The van der Waals surface area contributed by atoms with E-state index in [1.165, 1.54) is 0 Å². The number of hydrogen-bond acceptors (Lipinski definition) is 5. The number of hydrogen-bond donors (Lipinski definition) is 5. The lowest BCUT2D eigenvalue weighted by Gasteiger charge is -2.31. The Kier molecular flexibility index (Phi) is 7.28. The number of nitrogens with two attached hydrogens (primary N) is 1. The third kappa shape index (κ3) is 3.80. The fourth-order valence-corrected chi connectivity index (χ4v) is 4.43. The van der Waals surface area contributed by atoms with Gasteiger partial charge in [-0.05, 0) is 43.4 Å². The van der Waals surface area contributed by atoms with Crippen LogP contribution in [0, 0.1) is 17.8 Å². The molecule has 0 aromatic carbocycles. The van der Waals surface area contributed by atoms with Crippen LogP contribution in [-0.2, 0) is 4.79 Å². The molecule has 0 amide bonds. The number of rotatable bonds is 8. The smallest absolute Gasteiger partial charge is 0.323 e. The van der Waals surface area contributed by atoms with E-state index < -0.39 is 11.5 Å². The number of aliphatic carboxylic acids is 1. The number of carbonyl (C=O) groups is 1. The molecule has 0 heterocycles. The SMILES string of the molecule is N[C@@]1(C(=O)O)C[C@H]2C[C@H](NCCO)C[C@H]2[C@@H]1CCC[B]O.O. The molecule has 0 spiro atoms. The van der Waals surface area contributed by atoms with Gasteiger partial charge in [-0.15, -0.1) is 0 Å². The molecule has 7 nitrogen and oxygen atoms in total. The van der Waals surface area contributed by atoms with Crippen LogP contribution in [0.2, 0.25) is 6.32 Å². The molecule has 0 aliphatic heterocycles. The van der Waals surface area contributed by atoms with Crippen molar-refractivity contribution >= 4 is 13.5 Å². The summed E-state index contributed by atoms with van der Waals surface area (Å²) < 4.78 is 0. The van der Waals surface area contributed by atoms with E-state index in [1.54, 1.807) is 0 Å². The van der Waals surface area contributed by atoms with Crippen molar-refractivity contribution in [3.05, 3.63) is 0 Å². The van der Waals surface area contributed by atoms with Crippen molar-refractivity contribution in [2.45, 2.75) is 50.0 Å². The van der Waals surface area contributed by atoms with E-state index in [-0.39, 0.29) is 18.0 Å². The Bertz CT molecular complexity index is 373. The van der Waals surface area contributed by atoms with E-state index in [1.807, 2.05) is 0 Å². The Morgan fingerprint density at radius 1 is 1.41 bits per heavy atom. The zero-order valence-electron chi connectivity index (χ0n) is 12.9. The Hall–Kier alpha value is -0.665. The van der Waals surface area contributed by atoms with E-state index in [2.05, 4.69) is 5.32 Å². The van der Waals surface area contributed by atoms with Crippen molar-refractivity contribution in [2.75, 3.05) is 13.2 Å². The van der Waals surface area contributed by atoms with Crippen LogP contribution in [-0.4, -0.2) is 58.9 Å². The molecule has 8 N–H and O–H groups in total. The Balaban J connectivity index is 0.00000242. The summed E-state index contributed by atoms with van der Waals surface area (Å²) in [7, 11) is 1.13. The molecular formula is C14H28BN2O5. The molecule has 0 aromatic rings. The first-order chi connectivity index (χ1) is 10.0.